The lowest BCUT2D eigenvalue weighted by Crippen LogP contribution is -2.73. The van der Waals surface area contributed by atoms with Crippen molar-refractivity contribution in [1.29, 1.82) is 0 Å². The lowest BCUT2D eigenvalue weighted by molar-refractivity contribution is -0.388. The van der Waals surface area contributed by atoms with Crippen LogP contribution in [0, 0.1) is 0 Å². The van der Waals surface area contributed by atoms with Crippen LogP contribution in [0.15, 0.2) is 0 Å². The van der Waals surface area contributed by atoms with E-state index in [9.17, 15) is 19.2 Å². The van der Waals surface area contributed by atoms with Gasteiger partial charge in [0.1, 0.15) is 6.61 Å². The molecule has 0 unspecified atom stereocenters. The van der Waals surface area contributed by atoms with E-state index >= 15 is 0 Å². The molecule has 148 valence electrons. The molecular weight excluding hydrogens is 356 g/mol. The summed E-state index contributed by atoms with van der Waals surface area (Å²) in [5, 5.41) is 0. The Morgan fingerprint density at radius 2 is 1.35 bits per heavy atom. The van der Waals surface area contributed by atoms with Crippen LogP contribution in [0.5, 0.6) is 0 Å². The second-order valence-electron chi connectivity index (χ2n) is 5.32. The molecular formula is C15H22O11. The quantitative estimate of drug-likeness (QED) is 0.330. The molecule has 0 aliphatic carbocycles. The predicted octanol–water partition coefficient (Wildman–Crippen LogP) is -0.698. The molecule has 1 aliphatic heterocycles. The molecule has 0 aromatic carbocycles. The van der Waals surface area contributed by atoms with Gasteiger partial charge in [-0.15, -0.1) is 0 Å². The summed E-state index contributed by atoms with van der Waals surface area (Å²) >= 11 is 0. The van der Waals surface area contributed by atoms with Crippen molar-refractivity contribution in [3.63, 3.8) is 0 Å². The zero-order chi connectivity index (χ0) is 20.1. The van der Waals surface area contributed by atoms with E-state index in [1.807, 2.05) is 0 Å². The van der Waals surface area contributed by atoms with Crippen molar-refractivity contribution in [2.45, 2.75) is 44.6 Å². The van der Waals surface area contributed by atoms with E-state index in [0.717, 1.165) is 27.9 Å². The summed E-state index contributed by atoms with van der Waals surface area (Å²) in [5.41, 5.74) is 0. The van der Waals surface area contributed by atoms with E-state index in [1.54, 1.807) is 0 Å². The molecule has 0 bridgehead atoms. The monoisotopic (exact) mass is 378 g/mol. The number of hydrogen-bond donors (Lipinski definition) is 0. The Morgan fingerprint density at radius 3 is 1.73 bits per heavy atom. The number of ether oxygens (including phenoxy) is 7. The fraction of sp³-hybridized carbons (Fsp3) is 0.733. The first kappa shape index (κ1) is 21.8. The minimum Gasteiger partial charge on any atom is -0.464 e. The topological polar surface area (TPSA) is 133 Å². The molecule has 1 saturated heterocycles. The van der Waals surface area contributed by atoms with Crippen LogP contribution in [-0.2, 0) is 52.3 Å². The van der Waals surface area contributed by atoms with Gasteiger partial charge in [0.2, 0.25) is 18.0 Å². The molecule has 1 aliphatic rings. The minimum absolute atomic E-state index is 0.516. The molecule has 0 aromatic heterocycles. The van der Waals surface area contributed by atoms with Crippen LogP contribution in [-0.4, -0.2) is 75.6 Å². The molecule has 0 radical (unpaired) electrons. The standard InChI is InChI=1S/C15H22O11/c1-8(16)24-11-12(25-9(2)17)15(13(19)20-4,26-10(3)18)23-7-14(11,21-5)22-6/h11-12H,7H2,1-6H3/t11-,12-,15+/m0/s1. The third-order valence-electron chi connectivity index (χ3n) is 3.61. The van der Waals surface area contributed by atoms with E-state index in [0.29, 0.717) is 0 Å². The van der Waals surface area contributed by atoms with Crippen LogP contribution in [0.3, 0.4) is 0 Å². The highest BCUT2D eigenvalue weighted by atomic mass is 16.8. The van der Waals surface area contributed by atoms with Gasteiger partial charge >= 0.3 is 29.7 Å². The third-order valence-corrected chi connectivity index (χ3v) is 3.61. The maximum Gasteiger partial charge on any atom is 0.383 e. The number of carbonyl (C=O) groups is 4. The highest BCUT2D eigenvalue weighted by Crippen LogP contribution is 2.39. The van der Waals surface area contributed by atoms with Crippen LogP contribution in [0.2, 0.25) is 0 Å². The fourth-order valence-electron chi connectivity index (χ4n) is 2.54. The van der Waals surface area contributed by atoms with E-state index in [1.165, 1.54) is 14.2 Å². The first-order chi connectivity index (χ1) is 12.1. The Bertz CT molecular complexity index is 568. The summed E-state index contributed by atoms with van der Waals surface area (Å²) in [6.07, 6.45) is -3.29. The normalized spacial score (nSPS) is 27.2. The summed E-state index contributed by atoms with van der Waals surface area (Å²) in [7, 11) is 3.47. The average Bonchev–Trinajstić information content (AvgIpc) is 2.56. The van der Waals surface area contributed by atoms with E-state index in [4.69, 9.17) is 28.4 Å². The third kappa shape index (κ3) is 4.11. The minimum atomic E-state index is -2.52. The molecule has 0 spiro atoms. The lowest BCUT2D eigenvalue weighted by atomic mass is 9.92. The van der Waals surface area contributed by atoms with Crippen molar-refractivity contribution in [3.8, 4) is 0 Å². The first-order valence-corrected chi connectivity index (χ1v) is 7.45. The van der Waals surface area contributed by atoms with Gasteiger partial charge in [0.15, 0.2) is 0 Å². The Labute approximate surface area is 149 Å². The van der Waals surface area contributed by atoms with Crippen molar-refractivity contribution in [2.24, 2.45) is 0 Å². The van der Waals surface area contributed by atoms with Crippen LogP contribution in [0.25, 0.3) is 0 Å². The van der Waals surface area contributed by atoms with Gasteiger partial charge in [-0.2, -0.15) is 0 Å². The van der Waals surface area contributed by atoms with Gasteiger partial charge < -0.3 is 33.2 Å². The maximum absolute atomic E-state index is 12.4. The van der Waals surface area contributed by atoms with Crippen molar-refractivity contribution >= 4 is 23.9 Å². The van der Waals surface area contributed by atoms with Gasteiger partial charge in [-0.25, -0.2) is 4.79 Å². The average molecular weight is 378 g/mol. The second kappa shape index (κ2) is 8.43. The van der Waals surface area contributed by atoms with Crippen LogP contribution >= 0.6 is 0 Å². The molecule has 11 heteroatoms. The largest absolute Gasteiger partial charge is 0.464 e. The van der Waals surface area contributed by atoms with Crippen LogP contribution < -0.4 is 0 Å². The van der Waals surface area contributed by atoms with Gasteiger partial charge in [-0.3, -0.25) is 14.4 Å². The Hall–Kier alpha value is -2.24. The number of hydrogen-bond acceptors (Lipinski definition) is 11. The van der Waals surface area contributed by atoms with Gasteiger partial charge in [-0.05, 0) is 0 Å². The molecule has 0 amide bonds. The van der Waals surface area contributed by atoms with Crippen LogP contribution in [0.1, 0.15) is 20.8 Å². The molecule has 3 atom stereocenters. The lowest BCUT2D eigenvalue weighted by Gasteiger charge is -2.49. The zero-order valence-electron chi connectivity index (χ0n) is 15.4. The predicted molar refractivity (Wildman–Crippen MR) is 80.3 cm³/mol. The maximum atomic E-state index is 12.4. The van der Waals surface area contributed by atoms with Crippen molar-refractivity contribution in [3.05, 3.63) is 0 Å². The molecule has 26 heavy (non-hydrogen) atoms. The molecule has 0 N–H and O–H groups in total. The Balaban J connectivity index is 3.59. The van der Waals surface area contributed by atoms with Gasteiger partial charge in [0.05, 0.1) is 7.11 Å². The van der Waals surface area contributed by atoms with Gasteiger partial charge in [-0.1, -0.05) is 0 Å². The zero-order valence-corrected chi connectivity index (χ0v) is 15.4. The molecule has 1 heterocycles. The highest BCUT2D eigenvalue weighted by molar-refractivity contribution is 5.83. The number of carbonyl (C=O) groups excluding carboxylic acids is 4. The van der Waals surface area contributed by atoms with Crippen molar-refractivity contribution < 1.29 is 52.3 Å². The van der Waals surface area contributed by atoms with E-state index < -0.39 is 54.3 Å². The van der Waals surface area contributed by atoms with Gasteiger partial charge in [0, 0.05) is 35.0 Å². The molecule has 1 fully saturated rings. The van der Waals surface area contributed by atoms with E-state index in [-0.39, 0.29) is 0 Å². The van der Waals surface area contributed by atoms with E-state index in [2.05, 4.69) is 4.74 Å². The summed E-state index contributed by atoms with van der Waals surface area (Å²) in [4.78, 5) is 47.2. The summed E-state index contributed by atoms with van der Waals surface area (Å²) in [5.74, 6) is -8.06. The molecule has 11 nitrogen and oxygen atoms in total. The molecule has 0 saturated carbocycles. The summed E-state index contributed by atoms with van der Waals surface area (Å²) in [6, 6.07) is 0. The Morgan fingerprint density at radius 1 is 0.846 bits per heavy atom. The van der Waals surface area contributed by atoms with Gasteiger partial charge in [0.25, 0.3) is 0 Å². The number of rotatable bonds is 6. The second-order valence-corrected chi connectivity index (χ2v) is 5.32. The fourth-order valence-corrected chi connectivity index (χ4v) is 2.54. The molecule has 0 aromatic rings. The molecule has 1 rings (SSSR count). The first-order valence-electron chi connectivity index (χ1n) is 7.45. The number of esters is 4. The van der Waals surface area contributed by atoms with Crippen molar-refractivity contribution in [2.75, 3.05) is 27.9 Å². The van der Waals surface area contributed by atoms with Crippen molar-refractivity contribution in [1.82, 2.24) is 0 Å². The highest BCUT2D eigenvalue weighted by Gasteiger charge is 2.68. The SMILES string of the molecule is COC(=O)[C@@]1(OC(C)=O)OCC(OC)(OC)[C@@H](OC(C)=O)[C@@H]1OC(C)=O. The number of methoxy groups -OCH3 is 3. The smallest absolute Gasteiger partial charge is 0.383 e. The summed E-state index contributed by atoms with van der Waals surface area (Å²) < 4.78 is 35.9. The Kier molecular flexibility index (Phi) is 7.07. The summed E-state index contributed by atoms with van der Waals surface area (Å²) in [6.45, 7) is 2.62. The van der Waals surface area contributed by atoms with Crippen LogP contribution in [0.4, 0.5) is 0 Å².